The van der Waals surface area contributed by atoms with E-state index in [-0.39, 0.29) is 0 Å². The van der Waals surface area contributed by atoms with Crippen LogP contribution >= 0.6 is 15.9 Å². The zero-order valence-corrected chi connectivity index (χ0v) is 10.2. The van der Waals surface area contributed by atoms with Crippen molar-refractivity contribution in [1.29, 1.82) is 0 Å². The van der Waals surface area contributed by atoms with Gasteiger partial charge >= 0.3 is 0 Å². The van der Waals surface area contributed by atoms with Crippen molar-refractivity contribution >= 4 is 26.8 Å². The third kappa shape index (κ3) is 2.03. The summed E-state index contributed by atoms with van der Waals surface area (Å²) in [7, 11) is 0. The quantitative estimate of drug-likeness (QED) is 0.859. The van der Waals surface area contributed by atoms with Crippen LogP contribution in [-0.2, 0) is 5.60 Å². The first-order chi connectivity index (χ1) is 6.98. The molecule has 0 saturated carbocycles. The van der Waals surface area contributed by atoms with Crippen LogP contribution in [0.1, 0.15) is 19.4 Å². The summed E-state index contributed by atoms with van der Waals surface area (Å²) in [6.45, 7) is 3.56. The Bertz CT molecular complexity index is 502. The number of fused-ring (bicyclic) bond motifs is 1. The van der Waals surface area contributed by atoms with Gasteiger partial charge in [0.2, 0.25) is 0 Å². The molecule has 0 atom stereocenters. The summed E-state index contributed by atoms with van der Waals surface area (Å²) in [6, 6.07) is 7.72. The Labute approximate surface area is 97.1 Å². The number of rotatable bonds is 1. The third-order valence-corrected chi connectivity index (χ3v) is 2.86. The van der Waals surface area contributed by atoms with Gasteiger partial charge in [0.25, 0.3) is 0 Å². The van der Waals surface area contributed by atoms with E-state index in [9.17, 15) is 5.11 Å². The fraction of sp³-hybridized carbons (Fsp3) is 0.250. The van der Waals surface area contributed by atoms with Crippen LogP contribution in [0.5, 0.6) is 0 Å². The summed E-state index contributed by atoms with van der Waals surface area (Å²) in [5, 5.41) is 11.0. The SMILES string of the molecule is CC(C)(O)c1ccnc2ccc(Br)cc12. The highest BCUT2D eigenvalue weighted by molar-refractivity contribution is 9.10. The Hall–Kier alpha value is -0.930. The molecule has 1 heterocycles. The topological polar surface area (TPSA) is 33.1 Å². The van der Waals surface area contributed by atoms with Gasteiger partial charge < -0.3 is 5.11 Å². The molecule has 0 aliphatic carbocycles. The molecule has 1 aromatic carbocycles. The molecule has 2 rings (SSSR count). The zero-order chi connectivity index (χ0) is 11.1. The summed E-state index contributed by atoms with van der Waals surface area (Å²) in [5.74, 6) is 0. The second kappa shape index (κ2) is 3.58. The van der Waals surface area contributed by atoms with Crippen molar-refractivity contribution in [1.82, 2.24) is 4.98 Å². The van der Waals surface area contributed by atoms with Gasteiger partial charge in [-0.1, -0.05) is 15.9 Å². The second-order valence-electron chi connectivity index (χ2n) is 4.08. The lowest BCUT2D eigenvalue weighted by Crippen LogP contribution is -2.16. The van der Waals surface area contributed by atoms with Crippen LogP contribution in [0.2, 0.25) is 0 Å². The first-order valence-electron chi connectivity index (χ1n) is 4.75. The van der Waals surface area contributed by atoms with E-state index in [0.29, 0.717) is 0 Å². The van der Waals surface area contributed by atoms with E-state index < -0.39 is 5.60 Å². The molecule has 0 unspecified atom stereocenters. The van der Waals surface area contributed by atoms with Crippen molar-refractivity contribution < 1.29 is 5.11 Å². The van der Waals surface area contributed by atoms with Gasteiger partial charge in [0.05, 0.1) is 11.1 Å². The highest BCUT2D eigenvalue weighted by Crippen LogP contribution is 2.28. The minimum atomic E-state index is -0.845. The molecule has 15 heavy (non-hydrogen) atoms. The Kier molecular flexibility index (Phi) is 2.52. The van der Waals surface area contributed by atoms with E-state index in [2.05, 4.69) is 20.9 Å². The molecule has 2 aromatic rings. The average Bonchev–Trinajstić information content (AvgIpc) is 2.15. The summed E-state index contributed by atoms with van der Waals surface area (Å²) >= 11 is 3.42. The minimum absolute atomic E-state index is 0.845. The molecule has 0 amide bonds. The standard InChI is InChI=1S/C12H12BrNO/c1-12(2,15)10-5-6-14-11-4-3-8(13)7-9(10)11/h3-7,15H,1-2H3. The highest BCUT2D eigenvalue weighted by atomic mass is 79.9. The number of hydrogen-bond acceptors (Lipinski definition) is 2. The van der Waals surface area contributed by atoms with Crippen LogP contribution in [-0.4, -0.2) is 10.1 Å². The second-order valence-corrected chi connectivity index (χ2v) is 4.99. The fourth-order valence-electron chi connectivity index (χ4n) is 1.65. The first-order valence-corrected chi connectivity index (χ1v) is 5.55. The number of aromatic nitrogens is 1. The summed E-state index contributed by atoms with van der Waals surface area (Å²) in [5.41, 5.74) is 0.953. The van der Waals surface area contributed by atoms with Crippen LogP contribution in [0.15, 0.2) is 34.9 Å². The maximum absolute atomic E-state index is 10.0. The molecule has 0 bridgehead atoms. The van der Waals surface area contributed by atoms with Crippen molar-refractivity contribution in [2.75, 3.05) is 0 Å². The predicted octanol–water partition coefficient (Wildman–Crippen LogP) is 3.22. The average molecular weight is 266 g/mol. The number of aliphatic hydroxyl groups is 1. The van der Waals surface area contributed by atoms with Gasteiger partial charge in [0.15, 0.2) is 0 Å². The van der Waals surface area contributed by atoms with E-state index in [1.165, 1.54) is 0 Å². The molecule has 2 nitrogen and oxygen atoms in total. The number of pyridine rings is 1. The third-order valence-electron chi connectivity index (χ3n) is 2.36. The minimum Gasteiger partial charge on any atom is -0.386 e. The largest absolute Gasteiger partial charge is 0.386 e. The van der Waals surface area contributed by atoms with E-state index >= 15 is 0 Å². The van der Waals surface area contributed by atoms with Gasteiger partial charge in [0, 0.05) is 16.1 Å². The Balaban J connectivity index is 2.80. The maximum Gasteiger partial charge on any atom is 0.0847 e. The summed E-state index contributed by atoms with van der Waals surface area (Å²) in [4.78, 5) is 4.26. The Morgan fingerprint density at radius 1 is 1.27 bits per heavy atom. The van der Waals surface area contributed by atoms with Crippen molar-refractivity contribution in [3.8, 4) is 0 Å². The van der Waals surface area contributed by atoms with Gasteiger partial charge in [0.1, 0.15) is 0 Å². The van der Waals surface area contributed by atoms with Gasteiger partial charge in [-0.15, -0.1) is 0 Å². The van der Waals surface area contributed by atoms with Crippen LogP contribution in [0.25, 0.3) is 10.9 Å². The molecule has 3 heteroatoms. The number of hydrogen-bond donors (Lipinski definition) is 1. The fourth-order valence-corrected chi connectivity index (χ4v) is 2.01. The lowest BCUT2D eigenvalue weighted by molar-refractivity contribution is 0.0801. The Morgan fingerprint density at radius 3 is 2.67 bits per heavy atom. The van der Waals surface area contributed by atoms with Gasteiger partial charge in [-0.2, -0.15) is 0 Å². The predicted molar refractivity (Wildman–Crippen MR) is 64.7 cm³/mol. The first kappa shape index (κ1) is 10.6. The van der Waals surface area contributed by atoms with E-state index in [0.717, 1.165) is 20.9 Å². The van der Waals surface area contributed by atoms with Crippen LogP contribution in [0, 0.1) is 0 Å². The molecule has 78 valence electrons. The van der Waals surface area contributed by atoms with Crippen molar-refractivity contribution in [2.24, 2.45) is 0 Å². The monoisotopic (exact) mass is 265 g/mol. The molecule has 1 aromatic heterocycles. The Morgan fingerprint density at radius 2 is 2.00 bits per heavy atom. The molecule has 0 spiro atoms. The number of nitrogens with zero attached hydrogens (tertiary/aromatic N) is 1. The zero-order valence-electron chi connectivity index (χ0n) is 8.66. The van der Waals surface area contributed by atoms with E-state index in [4.69, 9.17) is 0 Å². The lowest BCUT2D eigenvalue weighted by Gasteiger charge is -2.19. The summed E-state index contributed by atoms with van der Waals surface area (Å²) < 4.78 is 0.994. The number of halogens is 1. The normalized spacial score (nSPS) is 12.0. The van der Waals surface area contributed by atoms with E-state index in [1.807, 2.05) is 24.3 Å². The van der Waals surface area contributed by atoms with Crippen LogP contribution in [0.3, 0.4) is 0 Å². The highest BCUT2D eigenvalue weighted by Gasteiger charge is 2.18. The van der Waals surface area contributed by atoms with E-state index in [1.54, 1.807) is 20.0 Å². The number of benzene rings is 1. The van der Waals surface area contributed by atoms with Gasteiger partial charge in [-0.3, -0.25) is 4.98 Å². The van der Waals surface area contributed by atoms with Crippen molar-refractivity contribution in [3.05, 3.63) is 40.5 Å². The molecule has 1 N–H and O–H groups in total. The molecule has 0 saturated heterocycles. The molecule has 0 aliphatic heterocycles. The molecule has 0 fully saturated rings. The smallest absolute Gasteiger partial charge is 0.0847 e. The molecule has 0 aliphatic rings. The lowest BCUT2D eigenvalue weighted by atomic mass is 9.95. The van der Waals surface area contributed by atoms with Crippen LogP contribution < -0.4 is 0 Å². The summed E-state index contributed by atoms with van der Waals surface area (Å²) in [6.07, 6.45) is 1.73. The van der Waals surface area contributed by atoms with Crippen molar-refractivity contribution in [3.63, 3.8) is 0 Å². The van der Waals surface area contributed by atoms with Crippen LogP contribution in [0.4, 0.5) is 0 Å². The van der Waals surface area contributed by atoms with Crippen molar-refractivity contribution in [2.45, 2.75) is 19.4 Å². The molecular formula is C12H12BrNO. The van der Waals surface area contributed by atoms with Gasteiger partial charge in [-0.05, 0) is 43.7 Å². The molecular weight excluding hydrogens is 254 g/mol. The maximum atomic E-state index is 10.0. The molecule has 0 radical (unpaired) electrons. The van der Waals surface area contributed by atoms with Gasteiger partial charge in [-0.25, -0.2) is 0 Å².